The molecule has 0 fully saturated rings. The highest BCUT2D eigenvalue weighted by Crippen LogP contribution is 2.34. The van der Waals surface area contributed by atoms with Crippen LogP contribution in [0, 0.1) is 0 Å². The molecule has 0 saturated carbocycles. The van der Waals surface area contributed by atoms with Crippen molar-refractivity contribution in [3.05, 3.63) is 63.9 Å². The van der Waals surface area contributed by atoms with E-state index in [1.807, 2.05) is 30.3 Å². The van der Waals surface area contributed by atoms with Crippen LogP contribution in [0.5, 0.6) is 0 Å². The minimum atomic E-state index is 0.641. The molecule has 0 bridgehead atoms. The predicted octanol–water partition coefficient (Wildman–Crippen LogP) is 4.74. The molecule has 0 aliphatic rings. The number of nitrogens with zero attached hydrogens (tertiary/aromatic N) is 1. The molecule has 2 aromatic carbocycles. The summed E-state index contributed by atoms with van der Waals surface area (Å²) in [6, 6.07) is 18.6. The van der Waals surface area contributed by atoms with E-state index in [9.17, 15) is 0 Å². The first kappa shape index (κ1) is 14.4. The van der Waals surface area contributed by atoms with E-state index in [4.69, 9.17) is 10.7 Å². The number of aromatic nitrogens is 1. The fourth-order valence-electron chi connectivity index (χ4n) is 2.19. The number of hydrogen-bond acceptors (Lipinski definition) is 3. The van der Waals surface area contributed by atoms with Crippen molar-refractivity contribution in [2.75, 3.05) is 6.54 Å². The smallest absolute Gasteiger partial charge is 0.124 e. The van der Waals surface area contributed by atoms with Gasteiger partial charge in [0.25, 0.3) is 0 Å². The van der Waals surface area contributed by atoms with Crippen LogP contribution in [0.3, 0.4) is 0 Å². The van der Waals surface area contributed by atoms with Gasteiger partial charge < -0.3 is 5.73 Å². The second-order valence-electron chi connectivity index (χ2n) is 4.70. The maximum absolute atomic E-state index is 5.75. The fourth-order valence-corrected chi connectivity index (χ4v) is 3.56. The summed E-state index contributed by atoms with van der Waals surface area (Å²) in [5.74, 6) is 0. The van der Waals surface area contributed by atoms with Gasteiger partial charge in [0.05, 0.1) is 5.69 Å². The summed E-state index contributed by atoms with van der Waals surface area (Å²) < 4.78 is 1.08. The van der Waals surface area contributed by atoms with Crippen molar-refractivity contribution in [1.29, 1.82) is 0 Å². The normalized spacial score (nSPS) is 10.8. The van der Waals surface area contributed by atoms with Crippen molar-refractivity contribution < 1.29 is 0 Å². The van der Waals surface area contributed by atoms with Crippen molar-refractivity contribution in [3.8, 4) is 21.8 Å². The highest BCUT2D eigenvalue weighted by molar-refractivity contribution is 9.10. The van der Waals surface area contributed by atoms with Gasteiger partial charge in [-0.1, -0.05) is 58.4 Å². The summed E-state index contributed by atoms with van der Waals surface area (Å²) in [6.45, 7) is 0.641. The maximum atomic E-state index is 5.75. The van der Waals surface area contributed by atoms with E-state index in [1.54, 1.807) is 11.3 Å². The molecule has 0 saturated heterocycles. The molecule has 3 rings (SSSR count). The molecule has 0 aliphatic heterocycles. The van der Waals surface area contributed by atoms with E-state index in [0.717, 1.165) is 32.7 Å². The lowest BCUT2D eigenvalue weighted by atomic mass is 10.1. The Morgan fingerprint density at radius 1 is 0.952 bits per heavy atom. The Balaban J connectivity index is 2.06. The van der Waals surface area contributed by atoms with Gasteiger partial charge in [-0.2, -0.15) is 0 Å². The van der Waals surface area contributed by atoms with Gasteiger partial charge in [-0.25, -0.2) is 4.98 Å². The molecule has 1 aromatic heterocycles. The molecule has 0 atom stereocenters. The SMILES string of the molecule is NCCc1sc(-c2ccc(Br)cc2)nc1-c1ccccc1. The molecule has 0 aliphatic carbocycles. The summed E-state index contributed by atoms with van der Waals surface area (Å²) in [4.78, 5) is 6.10. The van der Waals surface area contributed by atoms with E-state index in [0.29, 0.717) is 6.54 Å². The van der Waals surface area contributed by atoms with E-state index in [-0.39, 0.29) is 0 Å². The fraction of sp³-hybridized carbons (Fsp3) is 0.118. The van der Waals surface area contributed by atoms with Gasteiger partial charge in [0, 0.05) is 20.5 Å². The Morgan fingerprint density at radius 3 is 2.33 bits per heavy atom. The van der Waals surface area contributed by atoms with Gasteiger partial charge in [-0.3, -0.25) is 0 Å². The molecule has 0 radical (unpaired) electrons. The van der Waals surface area contributed by atoms with Crippen molar-refractivity contribution in [1.82, 2.24) is 4.98 Å². The van der Waals surface area contributed by atoms with Gasteiger partial charge >= 0.3 is 0 Å². The lowest BCUT2D eigenvalue weighted by Crippen LogP contribution is -2.02. The topological polar surface area (TPSA) is 38.9 Å². The predicted molar refractivity (Wildman–Crippen MR) is 93.4 cm³/mol. The van der Waals surface area contributed by atoms with E-state index >= 15 is 0 Å². The zero-order valence-electron chi connectivity index (χ0n) is 11.4. The number of hydrogen-bond donors (Lipinski definition) is 1. The number of nitrogens with two attached hydrogens (primary N) is 1. The van der Waals surface area contributed by atoms with E-state index < -0.39 is 0 Å². The second-order valence-corrected chi connectivity index (χ2v) is 6.70. The molecule has 21 heavy (non-hydrogen) atoms. The van der Waals surface area contributed by atoms with Gasteiger partial charge in [-0.05, 0) is 25.1 Å². The minimum absolute atomic E-state index is 0.641. The third kappa shape index (κ3) is 3.23. The van der Waals surface area contributed by atoms with E-state index in [1.165, 1.54) is 4.88 Å². The Morgan fingerprint density at radius 2 is 1.67 bits per heavy atom. The lowest BCUT2D eigenvalue weighted by Gasteiger charge is -2.00. The molecular weight excluding hydrogens is 344 g/mol. The van der Waals surface area contributed by atoms with Crippen LogP contribution in [-0.4, -0.2) is 11.5 Å². The highest BCUT2D eigenvalue weighted by atomic mass is 79.9. The Kier molecular flexibility index (Phi) is 4.48. The molecule has 1 heterocycles. The zero-order valence-corrected chi connectivity index (χ0v) is 13.8. The Bertz CT molecular complexity index is 720. The molecule has 2 nitrogen and oxygen atoms in total. The second kappa shape index (κ2) is 6.52. The Hall–Kier alpha value is -1.49. The number of halogens is 1. The Labute approximate surface area is 136 Å². The third-order valence-corrected chi connectivity index (χ3v) is 4.90. The summed E-state index contributed by atoms with van der Waals surface area (Å²) >= 11 is 5.20. The molecule has 0 unspecified atom stereocenters. The standard InChI is InChI=1S/C17H15BrN2S/c18-14-8-6-13(7-9-14)17-20-16(15(21-17)10-11-19)12-4-2-1-3-5-12/h1-9H,10-11,19H2. The van der Waals surface area contributed by atoms with E-state index in [2.05, 4.69) is 40.2 Å². The van der Waals surface area contributed by atoms with Gasteiger partial charge in [0.15, 0.2) is 0 Å². The van der Waals surface area contributed by atoms with Crippen LogP contribution in [0.1, 0.15) is 4.88 Å². The molecule has 0 amide bonds. The average Bonchev–Trinajstić information content (AvgIpc) is 2.93. The van der Waals surface area contributed by atoms with Crippen molar-refractivity contribution in [2.24, 2.45) is 5.73 Å². The maximum Gasteiger partial charge on any atom is 0.124 e. The third-order valence-electron chi connectivity index (χ3n) is 3.21. The zero-order chi connectivity index (χ0) is 14.7. The first-order chi connectivity index (χ1) is 10.3. The van der Waals surface area contributed by atoms with Crippen LogP contribution < -0.4 is 5.73 Å². The van der Waals surface area contributed by atoms with Crippen molar-refractivity contribution in [3.63, 3.8) is 0 Å². The summed E-state index contributed by atoms with van der Waals surface area (Å²) in [5.41, 5.74) is 9.10. The minimum Gasteiger partial charge on any atom is -0.330 e. The van der Waals surface area contributed by atoms with Crippen LogP contribution in [0.2, 0.25) is 0 Å². The van der Waals surface area contributed by atoms with Crippen molar-refractivity contribution in [2.45, 2.75) is 6.42 Å². The lowest BCUT2D eigenvalue weighted by molar-refractivity contribution is 0.986. The first-order valence-electron chi connectivity index (χ1n) is 6.79. The number of rotatable bonds is 4. The van der Waals surface area contributed by atoms with Crippen LogP contribution in [-0.2, 0) is 6.42 Å². The van der Waals surface area contributed by atoms with Crippen molar-refractivity contribution >= 4 is 27.3 Å². The van der Waals surface area contributed by atoms with Crippen LogP contribution in [0.15, 0.2) is 59.1 Å². The first-order valence-corrected chi connectivity index (χ1v) is 8.40. The van der Waals surface area contributed by atoms with Crippen LogP contribution in [0.25, 0.3) is 21.8 Å². The quantitative estimate of drug-likeness (QED) is 0.731. The summed E-state index contributed by atoms with van der Waals surface area (Å²) in [5, 5.41) is 1.05. The van der Waals surface area contributed by atoms with Crippen LogP contribution >= 0.6 is 27.3 Å². The molecular formula is C17H15BrN2S. The van der Waals surface area contributed by atoms with Gasteiger partial charge in [-0.15, -0.1) is 11.3 Å². The van der Waals surface area contributed by atoms with Crippen LogP contribution in [0.4, 0.5) is 0 Å². The molecule has 2 N–H and O–H groups in total. The molecule has 4 heteroatoms. The number of thiazole rings is 1. The monoisotopic (exact) mass is 358 g/mol. The molecule has 0 spiro atoms. The largest absolute Gasteiger partial charge is 0.330 e. The molecule has 106 valence electrons. The average molecular weight is 359 g/mol. The highest BCUT2D eigenvalue weighted by Gasteiger charge is 2.13. The van der Waals surface area contributed by atoms with Gasteiger partial charge in [0.2, 0.25) is 0 Å². The molecule has 3 aromatic rings. The van der Waals surface area contributed by atoms with Gasteiger partial charge in [0.1, 0.15) is 5.01 Å². The number of benzene rings is 2. The summed E-state index contributed by atoms with van der Waals surface area (Å²) in [7, 11) is 0. The summed E-state index contributed by atoms with van der Waals surface area (Å²) in [6.07, 6.45) is 0.860.